The largest absolute Gasteiger partial charge is 0.310 e. The standard InChI is InChI=1S/C17H28N2S/c1-3-9-18-15(2)16-7-6-8-17(14-16)20-13-12-19-10-4-5-11-19/h6-8,14-15,18H,3-5,9-13H2,1-2H3. The fourth-order valence-electron chi connectivity index (χ4n) is 2.65. The maximum Gasteiger partial charge on any atom is 0.0292 e. The van der Waals surface area contributed by atoms with Crippen LogP contribution in [0, 0.1) is 0 Å². The van der Waals surface area contributed by atoms with Crippen LogP contribution < -0.4 is 5.32 Å². The third-order valence-electron chi connectivity index (χ3n) is 3.93. The monoisotopic (exact) mass is 292 g/mol. The summed E-state index contributed by atoms with van der Waals surface area (Å²) in [6.07, 6.45) is 3.97. The Balaban J connectivity index is 1.79. The van der Waals surface area contributed by atoms with Crippen molar-refractivity contribution in [3.05, 3.63) is 29.8 Å². The highest BCUT2D eigenvalue weighted by atomic mass is 32.2. The quantitative estimate of drug-likeness (QED) is 0.731. The first kappa shape index (κ1) is 15.9. The van der Waals surface area contributed by atoms with E-state index in [9.17, 15) is 0 Å². The molecule has 0 aromatic heterocycles. The molecular weight excluding hydrogens is 264 g/mol. The lowest BCUT2D eigenvalue weighted by Gasteiger charge is -2.16. The summed E-state index contributed by atoms with van der Waals surface area (Å²) < 4.78 is 0. The molecule has 1 aromatic rings. The summed E-state index contributed by atoms with van der Waals surface area (Å²) in [6, 6.07) is 9.47. The molecule has 20 heavy (non-hydrogen) atoms. The van der Waals surface area contributed by atoms with Gasteiger partial charge in [0.15, 0.2) is 0 Å². The molecule has 1 atom stereocenters. The molecule has 3 heteroatoms. The molecule has 1 N–H and O–H groups in total. The molecule has 1 aliphatic rings. The maximum absolute atomic E-state index is 3.56. The van der Waals surface area contributed by atoms with Gasteiger partial charge in [-0.15, -0.1) is 11.8 Å². The average molecular weight is 292 g/mol. The molecule has 0 bridgehead atoms. The van der Waals surface area contributed by atoms with Crippen LogP contribution >= 0.6 is 11.8 Å². The Hall–Kier alpha value is -0.510. The summed E-state index contributed by atoms with van der Waals surface area (Å²) in [5, 5.41) is 3.56. The van der Waals surface area contributed by atoms with E-state index in [0.29, 0.717) is 6.04 Å². The fourth-order valence-corrected chi connectivity index (χ4v) is 3.63. The van der Waals surface area contributed by atoms with E-state index in [1.807, 2.05) is 11.8 Å². The summed E-state index contributed by atoms with van der Waals surface area (Å²) in [5.41, 5.74) is 1.41. The van der Waals surface area contributed by atoms with Gasteiger partial charge in [-0.2, -0.15) is 0 Å². The SMILES string of the molecule is CCCNC(C)c1cccc(SCCN2CCCC2)c1. The molecule has 0 radical (unpaired) electrons. The molecule has 112 valence electrons. The van der Waals surface area contributed by atoms with Gasteiger partial charge in [0.2, 0.25) is 0 Å². The van der Waals surface area contributed by atoms with Gasteiger partial charge >= 0.3 is 0 Å². The molecule has 0 amide bonds. The van der Waals surface area contributed by atoms with Gasteiger partial charge in [-0.3, -0.25) is 0 Å². The highest BCUT2D eigenvalue weighted by Crippen LogP contribution is 2.23. The fraction of sp³-hybridized carbons (Fsp3) is 0.647. The Morgan fingerprint density at radius 1 is 1.30 bits per heavy atom. The first-order valence-corrected chi connectivity index (χ1v) is 8.96. The van der Waals surface area contributed by atoms with Crippen LogP contribution in [-0.4, -0.2) is 36.8 Å². The summed E-state index contributed by atoms with van der Waals surface area (Å²) in [7, 11) is 0. The van der Waals surface area contributed by atoms with Crippen molar-refractivity contribution >= 4 is 11.8 Å². The minimum Gasteiger partial charge on any atom is -0.310 e. The predicted octanol–water partition coefficient (Wildman–Crippen LogP) is 3.94. The van der Waals surface area contributed by atoms with E-state index in [4.69, 9.17) is 0 Å². The molecule has 1 aromatic carbocycles. The number of nitrogens with one attached hydrogen (secondary N) is 1. The van der Waals surface area contributed by atoms with Gasteiger partial charge < -0.3 is 10.2 Å². The lowest BCUT2D eigenvalue weighted by atomic mass is 10.1. The molecule has 1 saturated heterocycles. The third-order valence-corrected chi connectivity index (χ3v) is 4.91. The first-order valence-electron chi connectivity index (χ1n) is 7.98. The van der Waals surface area contributed by atoms with Crippen molar-refractivity contribution < 1.29 is 0 Å². The minimum absolute atomic E-state index is 0.453. The van der Waals surface area contributed by atoms with Gasteiger partial charge in [0.1, 0.15) is 0 Å². The normalized spacial score (nSPS) is 17.5. The minimum atomic E-state index is 0.453. The highest BCUT2D eigenvalue weighted by Gasteiger charge is 2.11. The number of benzene rings is 1. The molecule has 2 rings (SSSR count). The molecular formula is C17H28N2S. The van der Waals surface area contributed by atoms with Crippen molar-refractivity contribution in [2.45, 2.75) is 44.0 Å². The van der Waals surface area contributed by atoms with Crippen molar-refractivity contribution in [2.24, 2.45) is 0 Å². The van der Waals surface area contributed by atoms with Crippen LogP contribution in [0.5, 0.6) is 0 Å². The van der Waals surface area contributed by atoms with Gasteiger partial charge in [-0.05, 0) is 63.5 Å². The van der Waals surface area contributed by atoms with Crippen LogP contribution in [-0.2, 0) is 0 Å². The van der Waals surface area contributed by atoms with Gasteiger partial charge in [0.25, 0.3) is 0 Å². The molecule has 2 nitrogen and oxygen atoms in total. The van der Waals surface area contributed by atoms with E-state index in [-0.39, 0.29) is 0 Å². The van der Waals surface area contributed by atoms with E-state index in [1.165, 1.54) is 55.1 Å². The second-order valence-corrected chi connectivity index (χ2v) is 6.81. The van der Waals surface area contributed by atoms with Crippen LogP contribution in [0.4, 0.5) is 0 Å². The smallest absolute Gasteiger partial charge is 0.0292 e. The Kier molecular flexibility index (Phi) is 6.91. The van der Waals surface area contributed by atoms with E-state index >= 15 is 0 Å². The van der Waals surface area contributed by atoms with Crippen molar-refractivity contribution in [1.82, 2.24) is 10.2 Å². The summed E-state index contributed by atoms with van der Waals surface area (Å²) in [6.45, 7) is 9.40. The lowest BCUT2D eigenvalue weighted by Crippen LogP contribution is -2.21. The number of hydrogen-bond donors (Lipinski definition) is 1. The van der Waals surface area contributed by atoms with E-state index in [1.54, 1.807) is 0 Å². The molecule has 1 heterocycles. The topological polar surface area (TPSA) is 15.3 Å². The summed E-state index contributed by atoms with van der Waals surface area (Å²) >= 11 is 1.99. The summed E-state index contributed by atoms with van der Waals surface area (Å²) in [4.78, 5) is 3.99. The van der Waals surface area contributed by atoms with Crippen molar-refractivity contribution in [3.8, 4) is 0 Å². The zero-order valence-electron chi connectivity index (χ0n) is 12.9. The number of rotatable bonds is 8. The molecule has 1 fully saturated rings. The average Bonchev–Trinajstić information content (AvgIpc) is 2.98. The zero-order valence-corrected chi connectivity index (χ0v) is 13.7. The Morgan fingerprint density at radius 3 is 2.85 bits per heavy atom. The van der Waals surface area contributed by atoms with Crippen molar-refractivity contribution in [3.63, 3.8) is 0 Å². The predicted molar refractivity (Wildman–Crippen MR) is 89.5 cm³/mol. The third kappa shape index (κ3) is 5.12. The Morgan fingerprint density at radius 2 is 2.10 bits per heavy atom. The number of likely N-dealkylation sites (tertiary alicyclic amines) is 1. The van der Waals surface area contributed by atoms with Crippen LogP contribution in [0.1, 0.15) is 44.7 Å². The second-order valence-electron chi connectivity index (χ2n) is 5.65. The number of thioether (sulfide) groups is 1. The number of nitrogens with zero attached hydrogens (tertiary/aromatic N) is 1. The molecule has 0 aliphatic carbocycles. The van der Waals surface area contributed by atoms with Crippen LogP contribution in [0.2, 0.25) is 0 Å². The molecule has 0 spiro atoms. The van der Waals surface area contributed by atoms with Gasteiger partial charge in [-0.1, -0.05) is 19.1 Å². The van der Waals surface area contributed by atoms with E-state index in [0.717, 1.165) is 6.54 Å². The lowest BCUT2D eigenvalue weighted by molar-refractivity contribution is 0.362. The Labute approximate surface area is 128 Å². The van der Waals surface area contributed by atoms with Gasteiger partial charge in [0, 0.05) is 23.2 Å². The second kappa shape index (κ2) is 8.71. The van der Waals surface area contributed by atoms with Crippen molar-refractivity contribution in [1.29, 1.82) is 0 Å². The molecule has 1 unspecified atom stereocenters. The van der Waals surface area contributed by atoms with Gasteiger partial charge in [0.05, 0.1) is 0 Å². The number of hydrogen-bond acceptors (Lipinski definition) is 3. The Bertz CT molecular complexity index is 388. The highest BCUT2D eigenvalue weighted by molar-refractivity contribution is 7.99. The van der Waals surface area contributed by atoms with Gasteiger partial charge in [-0.25, -0.2) is 0 Å². The molecule has 0 saturated carbocycles. The van der Waals surface area contributed by atoms with Crippen LogP contribution in [0.25, 0.3) is 0 Å². The van der Waals surface area contributed by atoms with E-state index < -0.39 is 0 Å². The summed E-state index contributed by atoms with van der Waals surface area (Å²) in [5.74, 6) is 1.21. The van der Waals surface area contributed by atoms with Crippen LogP contribution in [0.3, 0.4) is 0 Å². The zero-order chi connectivity index (χ0) is 14.2. The first-order chi connectivity index (χ1) is 9.79. The maximum atomic E-state index is 3.56. The van der Waals surface area contributed by atoms with Crippen LogP contribution in [0.15, 0.2) is 29.2 Å². The van der Waals surface area contributed by atoms with Crippen molar-refractivity contribution in [2.75, 3.05) is 31.9 Å². The molecule has 1 aliphatic heterocycles. The van der Waals surface area contributed by atoms with E-state index in [2.05, 4.69) is 48.3 Å².